The Bertz CT molecular complexity index is 462. The van der Waals surface area contributed by atoms with E-state index in [0.29, 0.717) is 22.5 Å². The van der Waals surface area contributed by atoms with Crippen molar-refractivity contribution in [2.75, 3.05) is 0 Å². The minimum atomic E-state index is -0.352. The third-order valence-electron chi connectivity index (χ3n) is 2.75. The average molecular weight is 345 g/mol. The summed E-state index contributed by atoms with van der Waals surface area (Å²) < 4.78 is 0.315. The van der Waals surface area contributed by atoms with E-state index < -0.39 is 0 Å². The van der Waals surface area contributed by atoms with Crippen molar-refractivity contribution in [3.8, 4) is 0 Å². The van der Waals surface area contributed by atoms with E-state index >= 15 is 0 Å². The molecule has 1 aromatic rings. The van der Waals surface area contributed by atoms with Gasteiger partial charge in [-0.05, 0) is 25.0 Å². The lowest BCUT2D eigenvalue weighted by molar-refractivity contribution is -0.134. The maximum atomic E-state index is 11.7. The molecule has 2 atom stereocenters. The van der Waals surface area contributed by atoms with Crippen LogP contribution in [0.1, 0.15) is 40.9 Å². The van der Waals surface area contributed by atoms with E-state index in [2.05, 4.69) is 38.1 Å². The molecule has 2 amide bonds. The number of nitrogens with zero attached hydrogens (tertiary/aromatic N) is 2. The van der Waals surface area contributed by atoms with Crippen molar-refractivity contribution in [3.63, 3.8) is 0 Å². The number of hydrogen-bond donors (Lipinski definition) is 1. The zero-order chi connectivity index (χ0) is 12.4. The molecule has 0 bridgehead atoms. The van der Waals surface area contributed by atoms with E-state index in [1.54, 1.807) is 6.20 Å². The van der Waals surface area contributed by atoms with Gasteiger partial charge in [-0.15, -0.1) is 0 Å². The molecule has 5 nitrogen and oxygen atoms in total. The van der Waals surface area contributed by atoms with Crippen molar-refractivity contribution in [1.82, 2.24) is 15.5 Å². The van der Waals surface area contributed by atoms with Crippen LogP contribution in [-0.4, -0.2) is 22.0 Å². The van der Waals surface area contributed by atoms with Crippen LogP contribution in [0.4, 0.5) is 0 Å². The second-order valence-electron chi connectivity index (χ2n) is 4.03. The molecule has 0 aromatic carbocycles. The fraction of sp³-hybridized carbons (Fsp3) is 0.455. The summed E-state index contributed by atoms with van der Waals surface area (Å²) in [5.74, 6) is -0.832. The van der Waals surface area contributed by atoms with Crippen molar-refractivity contribution >= 4 is 34.4 Å². The zero-order valence-corrected chi connectivity index (χ0v) is 11.5. The number of rotatable bonds is 2. The number of imide groups is 1. The van der Waals surface area contributed by atoms with E-state index in [-0.39, 0.29) is 17.7 Å². The monoisotopic (exact) mass is 345 g/mol. The molecule has 0 saturated carbocycles. The van der Waals surface area contributed by atoms with E-state index in [9.17, 15) is 9.59 Å². The number of hydrogen-bond acceptors (Lipinski definition) is 4. The number of halogens is 1. The first-order valence-electron chi connectivity index (χ1n) is 5.38. The lowest BCUT2D eigenvalue weighted by Gasteiger charge is -2.20. The van der Waals surface area contributed by atoms with E-state index in [1.165, 1.54) is 0 Å². The minimum Gasteiger partial charge on any atom is -0.296 e. The van der Waals surface area contributed by atoms with Crippen molar-refractivity contribution in [1.29, 1.82) is 0 Å². The van der Waals surface area contributed by atoms with Gasteiger partial charge >= 0.3 is 0 Å². The van der Waals surface area contributed by atoms with Gasteiger partial charge in [-0.1, -0.05) is 22.6 Å². The van der Waals surface area contributed by atoms with E-state index in [1.807, 2.05) is 13.0 Å². The highest BCUT2D eigenvalue weighted by molar-refractivity contribution is 14.1. The van der Waals surface area contributed by atoms with Crippen LogP contribution in [0.15, 0.2) is 12.3 Å². The summed E-state index contributed by atoms with van der Waals surface area (Å²) in [4.78, 5) is 22.7. The molecule has 1 aliphatic heterocycles. The molecule has 0 radical (unpaired) electrons. The molecule has 1 saturated heterocycles. The Labute approximate surface area is 113 Å². The number of aromatic nitrogens is 2. The highest BCUT2D eigenvalue weighted by Crippen LogP contribution is 2.27. The quantitative estimate of drug-likeness (QED) is 0.501. The topological polar surface area (TPSA) is 72.0 Å². The molecule has 6 heteroatoms. The summed E-state index contributed by atoms with van der Waals surface area (Å²) in [6.07, 6.45) is 2.58. The first-order valence-corrected chi connectivity index (χ1v) is 6.63. The molecule has 1 N–H and O–H groups in total. The number of carbonyl (C=O) groups excluding carboxylic acids is 2. The van der Waals surface area contributed by atoms with Crippen molar-refractivity contribution in [2.45, 2.75) is 29.6 Å². The SMILES string of the molecule is CC(I)c1cnnc(C2CCC(=O)NC2=O)c1. The number of amides is 2. The highest BCUT2D eigenvalue weighted by Gasteiger charge is 2.29. The molecular weight excluding hydrogens is 333 g/mol. The van der Waals surface area contributed by atoms with Crippen LogP contribution < -0.4 is 5.32 Å². The van der Waals surface area contributed by atoms with Gasteiger partial charge in [0.15, 0.2) is 0 Å². The van der Waals surface area contributed by atoms with E-state index in [4.69, 9.17) is 0 Å². The van der Waals surface area contributed by atoms with Crippen molar-refractivity contribution in [3.05, 3.63) is 23.5 Å². The number of nitrogens with one attached hydrogen (secondary N) is 1. The maximum Gasteiger partial charge on any atom is 0.235 e. The third kappa shape index (κ3) is 2.80. The molecule has 2 unspecified atom stereocenters. The van der Waals surface area contributed by atoms with Crippen LogP contribution in [0, 0.1) is 0 Å². The van der Waals surface area contributed by atoms with Gasteiger partial charge < -0.3 is 0 Å². The number of alkyl halides is 1. The van der Waals surface area contributed by atoms with Crippen LogP contribution in [0.5, 0.6) is 0 Å². The molecule has 0 spiro atoms. The second-order valence-corrected chi connectivity index (χ2v) is 5.90. The van der Waals surface area contributed by atoms with Gasteiger partial charge in [0.1, 0.15) is 0 Å². The molecule has 2 rings (SSSR count). The molecule has 1 aromatic heterocycles. The summed E-state index contributed by atoms with van der Waals surface area (Å²) in [7, 11) is 0. The Morgan fingerprint density at radius 2 is 2.29 bits per heavy atom. The predicted molar refractivity (Wildman–Crippen MR) is 69.6 cm³/mol. The largest absolute Gasteiger partial charge is 0.296 e. The second kappa shape index (κ2) is 5.07. The third-order valence-corrected chi connectivity index (χ3v) is 3.47. The zero-order valence-electron chi connectivity index (χ0n) is 9.31. The number of piperidine rings is 1. The van der Waals surface area contributed by atoms with Gasteiger partial charge in [0.2, 0.25) is 11.8 Å². The summed E-state index contributed by atoms with van der Waals surface area (Å²) in [5.41, 5.74) is 1.69. The Morgan fingerprint density at radius 3 is 2.94 bits per heavy atom. The summed E-state index contributed by atoms with van der Waals surface area (Å²) in [5, 5.41) is 10.2. The van der Waals surface area contributed by atoms with Gasteiger partial charge in [-0.25, -0.2) is 0 Å². The van der Waals surface area contributed by atoms with Crippen LogP contribution in [0.3, 0.4) is 0 Å². The van der Waals surface area contributed by atoms with Gasteiger partial charge in [0.05, 0.1) is 17.8 Å². The first-order chi connectivity index (χ1) is 8.08. The van der Waals surface area contributed by atoms with Gasteiger partial charge in [0.25, 0.3) is 0 Å². The van der Waals surface area contributed by atoms with Crippen LogP contribution >= 0.6 is 22.6 Å². The number of carbonyl (C=O) groups is 2. The molecule has 17 heavy (non-hydrogen) atoms. The Balaban J connectivity index is 2.25. The van der Waals surface area contributed by atoms with Crippen LogP contribution in [0.25, 0.3) is 0 Å². The lowest BCUT2D eigenvalue weighted by Crippen LogP contribution is -2.39. The van der Waals surface area contributed by atoms with Gasteiger partial charge in [0, 0.05) is 10.3 Å². The molecule has 90 valence electrons. The molecule has 0 aliphatic carbocycles. The average Bonchev–Trinajstić information content (AvgIpc) is 2.29. The molecule has 2 heterocycles. The fourth-order valence-corrected chi connectivity index (χ4v) is 2.10. The van der Waals surface area contributed by atoms with Gasteiger partial charge in [-0.2, -0.15) is 10.2 Å². The summed E-state index contributed by atoms with van der Waals surface area (Å²) >= 11 is 2.28. The summed E-state index contributed by atoms with van der Waals surface area (Å²) in [6, 6.07) is 1.89. The van der Waals surface area contributed by atoms with Crippen molar-refractivity contribution in [2.24, 2.45) is 0 Å². The minimum absolute atomic E-state index is 0.211. The smallest absolute Gasteiger partial charge is 0.235 e. The Morgan fingerprint density at radius 1 is 1.53 bits per heavy atom. The fourth-order valence-electron chi connectivity index (χ4n) is 1.76. The van der Waals surface area contributed by atoms with Crippen LogP contribution in [-0.2, 0) is 9.59 Å². The summed E-state index contributed by atoms with van der Waals surface area (Å²) in [6.45, 7) is 2.05. The predicted octanol–water partition coefficient (Wildman–Crippen LogP) is 1.49. The standard InChI is InChI=1S/C11H12IN3O2/c1-6(12)7-4-9(15-13-5-7)8-2-3-10(16)14-11(8)17/h4-6,8H,2-3H2,1H3,(H,14,16,17). The molecule has 1 aliphatic rings. The van der Waals surface area contributed by atoms with Crippen LogP contribution in [0.2, 0.25) is 0 Å². The first kappa shape index (κ1) is 12.4. The Kier molecular flexibility index (Phi) is 3.70. The van der Waals surface area contributed by atoms with E-state index in [0.717, 1.165) is 5.56 Å². The Hall–Kier alpha value is -1.05. The lowest BCUT2D eigenvalue weighted by atomic mass is 9.94. The van der Waals surface area contributed by atoms with Crippen molar-refractivity contribution < 1.29 is 9.59 Å². The molecule has 1 fully saturated rings. The highest BCUT2D eigenvalue weighted by atomic mass is 127. The maximum absolute atomic E-state index is 11.7. The van der Waals surface area contributed by atoms with Gasteiger partial charge in [-0.3, -0.25) is 14.9 Å². The normalized spacial score (nSPS) is 22.1. The molecular formula is C11H12IN3O2.